The van der Waals surface area contributed by atoms with Crippen LogP contribution in [0.4, 0.5) is 4.79 Å². The number of carbonyl (C=O) groups excluding carboxylic acids is 2. The van der Waals surface area contributed by atoms with Gasteiger partial charge in [0.25, 0.3) is 0 Å². The molecule has 2 amide bonds. The second-order valence-electron chi connectivity index (χ2n) is 9.63. The summed E-state index contributed by atoms with van der Waals surface area (Å²) >= 11 is 0. The van der Waals surface area contributed by atoms with Crippen molar-refractivity contribution in [3.05, 3.63) is 59.7 Å². The maximum Gasteiger partial charge on any atom is 0.408 e. The molecule has 1 aliphatic heterocycles. The average Bonchev–Trinajstić information content (AvgIpc) is 3.55. The number of ether oxygens (including phenoxy) is 1. The summed E-state index contributed by atoms with van der Waals surface area (Å²) in [5.74, 6) is -1.12. The Kier molecular flexibility index (Phi) is 6.02. The van der Waals surface area contributed by atoms with Crippen LogP contribution in [0, 0.1) is 0 Å². The van der Waals surface area contributed by atoms with E-state index in [1.54, 1.807) is 4.90 Å². The number of hydrogen-bond donors (Lipinski definition) is 2. The van der Waals surface area contributed by atoms with Crippen LogP contribution in [-0.4, -0.2) is 52.7 Å². The van der Waals surface area contributed by atoms with Crippen molar-refractivity contribution in [2.45, 2.75) is 62.4 Å². The Balaban J connectivity index is 1.29. The van der Waals surface area contributed by atoms with Gasteiger partial charge in [0.15, 0.2) is 0 Å². The predicted molar refractivity (Wildman–Crippen MR) is 126 cm³/mol. The summed E-state index contributed by atoms with van der Waals surface area (Å²) in [7, 11) is 0. The minimum absolute atomic E-state index is 0.0492. The van der Waals surface area contributed by atoms with Gasteiger partial charge >= 0.3 is 12.1 Å². The number of carboxylic acid groups (broad SMARTS) is 1. The van der Waals surface area contributed by atoms with Gasteiger partial charge in [-0.05, 0) is 47.9 Å². The van der Waals surface area contributed by atoms with Crippen molar-refractivity contribution in [2.24, 2.45) is 0 Å². The lowest BCUT2D eigenvalue weighted by atomic mass is 9.95. The predicted octanol–water partition coefficient (Wildman–Crippen LogP) is 4.30. The lowest BCUT2D eigenvalue weighted by Gasteiger charge is -2.35. The van der Waals surface area contributed by atoms with E-state index >= 15 is 0 Å². The number of fused-ring (bicyclic) bond motifs is 3. The fraction of sp³-hybridized carbons (Fsp3) is 0.444. The first-order chi connectivity index (χ1) is 16.5. The zero-order chi connectivity index (χ0) is 23.7. The quantitative estimate of drug-likeness (QED) is 0.667. The fourth-order valence-corrected chi connectivity index (χ4v) is 5.99. The molecule has 2 fully saturated rings. The van der Waals surface area contributed by atoms with E-state index in [9.17, 15) is 19.5 Å². The third-order valence-electron chi connectivity index (χ3n) is 7.60. The van der Waals surface area contributed by atoms with Gasteiger partial charge in [-0.15, -0.1) is 0 Å². The van der Waals surface area contributed by atoms with Gasteiger partial charge in [0.2, 0.25) is 5.91 Å². The maximum atomic E-state index is 13.5. The lowest BCUT2D eigenvalue weighted by Crippen LogP contribution is -2.59. The highest BCUT2D eigenvalue weighted by atomic mass is 16.5. The third-order valence-corrected chi connectivity index (χ3v) is 7.60. The number of likely N-dealkylation sites (tertiary alicyclic amines) is 1. The van der Waals surface area contributed by atoms with Crippen molar-refractivity contribution < 1.29 is 24.2 Å². The number of amides is 2. The number of alkyl carbamates (subject to hydrolysis) is 1. The van der Waals surface area contributed by atoms with Gasteiger partial charge in [0, 0.05) is 18.5 Å². The minimum atomic E-state index is -1.01. The molecule has 7 heteroatoms. The Morgan fingerprint density at radius 3 is 2.21 bits per heavy atom. The molecule has 1 saturated heterocycles. The summed E-state index contributed by atoms with van der Waals surface area (Å²) in [5.41, 5.74) is 3.58. The topological polar surface area (TPSA) is 95.9 Å². The molecular weight excluding hydrogens is 432 g/mol. The monoisotopic (exact) mass is 462 g/mol. The molecule has 2 aromatic rings. The van der Waals surface area contributed by atoms with Crippen molar-refractivity contribution in [1.82, 2.24) is 10.2 Å². The molecule has 0 bridgehead atoms. The summed E-state index contributed by atoms with van der Waals surface area (Å²) in [6.45, 7) is 0.723. The van der Waals surface area contributed by atoms with Crippen LogP contribution in [0.5, 0.6) is 0 Å². The van der Waals surface area contributed by atoms with Crippen LogP contribution >= 0.6 is 0 Å². The van der Waals surface area contributed by atoms with Crippen LogP contribution < -0.4 is 5.32 Å². The number of carbonyl (C=O) groups is 3. The highest BCUT2D eigenvalue weighted by Crippen LogP contribution is 2.44. The van der Waals surface area contributed by atoms with Crippen LogP contribution in [0.25, 0.3) is 11.1 Å². The molecular formula is C27H30N2O5. The van der Waals surface area contributed by atoms with Crippen molar-refractivity contribution in [1.29, 1.82) is 0 Å². The van der Waals surface area contributed by atoms with Crippen molar-refractivity contribution >= 4 is 18.0 Å². The molecule has 178 valence electrons. The molecule has 1 atom stereocenters. The van der Waals surface area contributed by atoms with Gasteiger partial charge < -0.3 is 20.1 Å². The highest BCUT2D eigenvalue weighted by molar-refractivity contribution is 5.91. The van der Waals surface area contributed by atoms with E-state index in [0.717, 1.165) is 41.5 Å². The van der Waals surface area contributed by atoms with Crippen LogP contribution in [0.15, 0.2) is 48.5 Å². The molecule has 3 aliphatic rings. The molecule has 7 nitrogen and oxygen atoms in total. The molecule has 2 aromatic carbocycles. The Bertz CT molecular complexity index is 1060. The van der Waals surface area contributed by atoms with E-state index in [1.165, 1.54) is 0 Å². The maximum absolute atomic E-state index is 13.5. The summed E-state index contributed by atoms with van der Waals surface area (Å²) in [4.78, 5) is 39.4. The molecule has 1 heterocycles. The first-order valence-corrected chi connectivity index (χ1v) is 12.1. The van der Waals surface area contributed by atoms with Gasteiger partial charge in [-0.25, -0.2) is 4.79 Å². The van der Waals surface area contributed by atoms with Crippen molar-refractivity contribution in [3.63, 3.8) is 0 Å². The van der Waals surface area contributed by atoms with Gasteiger partial charge in [0.1, 0.15) is 12.1 Å². The van der Waals surface area contributed by atoms with E-state index in [4.69, 9.17) is 4.74 Å². The van der Waals surface area contributed by atoms with E-state index in [2.05, 4.69) is 29.6 Å². The highest BCUT2D eigenvalue weighted by Gasteiger charge is 2.48. The minimum Gasteiger partial charge on any atom is -0.481 e. The zero-order valence-corrected chi connectivity index (χ0v) is 19.2. The van der Waals surface area contributed by atoms with Gasteiger partial charge in [-0.3, -0.25) is 9.59 Å². The fourth-order valence-electron chi connectivity index (χ4n) is 5.99. The van der Waals surface area contributed by atoms with Crippen LogP contribution in [-0.2, 0) is 14.3 Å². The number of carboxylic acids is 1. The van der Waals surface area contributed by atoms with E-state index in [0.29, 0.717) is 25.8 Å². The molecule has 0 unspecified atom stereocenters. The molecule has 2 aliphatic carbocycles. The molecule has 2 N–H and O–H groups in total. The van der Waals surface area contributed by atoms with Crippen molar-refractivity contribution in [3.8, 4) is 11.1 Å². The van der Waals surface area contributed by atoms with Gasteiger partial charge in [0.05, 0.1) is 6.42 Å². The van der Waals surface area contributed by atoms with E-state index in [-0.39, 0.29) is 30.9 Å². The average molecular weight is 463 g/mol. The standard InChI is InChI=1S/C27H30N2O5/c30-24(31)16-18-8-7-15-29(18)25(32)27(13-5-6-14-27)28-26(33)34-17-23-21-11-3-1-9-19(21)20-10-2-4-12-22(20)23/h1-4,9-12,18,23H,5-8,13-17H2,(H,28,33)(H,30,31)/t18-/m0/s1. The Hall–Kier alpha value is -3.35. The van der Waals surface area contributed by atoms with Crippen LogP contribution in [0.3, 0.4) is 0 Å². The van der Waals surface area contributed by atoms with Crippen molar-refractivity contribution in [2.75, 3.05) is 13.2 Å². The third kappa shape index (κ3) is 4.04. The number of hydrogen-bond acceptors (Lipinski definition) is 4. The second kappa shape index (κ2) is 9.12. The molecule has 34 heavy (non-hydrogen) atoms. The number of rotatable bonds is 6. The second-order valence-corrected chi connectivity index (χ2v) is 9.63. The number of nitrogens with zero attached hydrogens (tertiary/aromatic N) is 1. The SMILES string of the molecule is O=C(O)C[C@@H]1CCCN1C(=O)C1(NC(=O)OCC2c3ccccc3-c3ccccc32)CCCC1. The first kappa shape index (κ1) is 22.4. The van der Waals surface area contributed by atoms with E-state index < -0.39 is 17.6 Å². The molecule has 0 spiro atoms. The van der Waals surface area contributed by atoms with Gasteiger partial charge in [-0.2, -0.15) is 0 Å². The van der Waals surface area contributed by atoms with Gasteiger partial charge in [-0.1, -0.05) is 61.4 Å². The summed E-state index contributed by atoms with van der Waals surface area (Å²) in [6, 6.07) is 16.0. The summed E-state index contributed by atoms with van der Waals surface area (Å²) in [6.07, 6.45) is 3.58. The molecule has 0 radical (unpaired) electrons. The zero-order valence-electron chi connectivity index (χ0n) is 19.2. The Morgan fingerprint density at radius 2 is 1.59 bits per heavy atom. The van der Waals surface area contributed by atoms with Crippen LogP contribution in [0.2, 0.25) is 0 Å². The van der Waals surface area contributed by atoms with Crippen LogP contribution in [0.1, 0.15) is 62.0 Å². The number of nitrogens with one attached hydrogen (secondary N) is 1. The normalized spacial score (nSPS) is 20.6. The smallest absolute Gasteiger partial charge is 0.408 e. The Morgan fingerprint density at radius 1 is 0.971 bits per heavy atom. The lowest BCUT2D eigenvalue weighted by molar-refractivity contribution is -0.142. The molecule has 0 aromatic heterocycles. The largest absolute Gasteiger partial charge is 0.481 e. The van der Waals surface area contributed by atoms with E-state index in [1.807, 2.05) is 24.3 Å². The number of benzene rings is 2. The summed E-state index contributed by atoms with van der Waals surface area (Å²) < 4.78 is 5.72. The molecule has 5 rings (SSSR count). The Labute approximate surface area is 199 Å². The number of aliphatic carboxylic acids is 1. The summed E-state index contributed by atoms with van der Waals surface area (Å²) in [5, 5.41) is 12.1. The first-order valence-electron chi connectivity index (χ1n) is 12.1. The molecule has 1 saturated carbocycles.